The van der Waals surface area contributed by atoms with Crippen LogP contribution in [0.1, 0.15) is 16.1 Å². The molecule has 0 spiro atoms. The molecule has 4 aromatic rings. The van der Waals surface area contributed by atoms with Gasteiger partial charge in [-0.1, -0.05) is 35.5 Å². The molecule has 6 heteroatoms. The van der Waals surface area contributed by atoms with Gasteiger partial charge in [-0.2, -0.15) is 0 Å². The maximum Gasteiger partial charge on any atom is 0.252 e. The van der Waals surface area contributed by atoms with Crippen molar-refractivity contribution in [2.75, 3.05) is 0 Å². The summed E-state index contributed by atoms with van der Waals surface area (Å²) in [6, 6.07) is 14.2. The van der Waals surface area contributed by atoms with E-state index in [-0.39, 0.29) is 0 Å². The maximum atomic E-state index is 11.6. The second-order valence-corrected chi connectivity index (χ2v) is 5.40. The fourth-order valence-electron chi connectivity index (χ4n) is 2.73. The monoisotopic (exact) mass is 317 g/mol. The molecule has 6 nitrogen and oxygen atoms in total. The zero-order valence-corrected chi connectivity index (χ0v) is 12.9. The molecule has 0 saturated heterocycles. The summed E-state index contributed by atoms with van der Waals surface area (Å²) < 4.78 is 7.10. The number of pyridine rings is 1. The first-order valence-corrected chi connectivity index (χ1v) is 7.36. The van der Waals surface area contributed by atoms with Crippen LogP contribution in [0.5, 0.6) is 0 Å². The molecule has 2 N–H and O–H groups in total. The van der Waals surface area contributed by atoms with E-state index in [0.29, 0.717) is 28.4 Å². The number of aromatic nitrogens is 3. The van der Waals surface area contributed by atoms with Gasteiger partial charge in [0, 0.05) is 24.0 Å². The first-order chi connectivity index (χ1) is 11.6. The van der Waals surface area contributed by atoms with Crippen molar-refractivity contribution in [3.05, 3.63) is 66.2 Å². The Hall–Kier alpha value is -3.41. The van der Waals surface area contributed by atoms with E-state index in [0.717, 1.165) is 11.1 Å². The Kier molecular flexibility index (Phi) is 3.16. The van der Waals surface area contributed by atoms with Gasteiger partial charge in [-0.15, -0.1) is 0 Å². The number of fused-ring (bicyclic) bond motifs is 1. The van der Waals surface area contributed by atoms with E-state index >= 15 is 0 Å². The molecule has 3 aromatic heterocycles. The number of amides is 1. The molecule has 0 aliphatic heterocycles. The Labute approximate surface area is 137 Å². The van der Waals surface area contributed by atoms with E-state index in [4.69, 9.17) is 10.3 Å². The zero-order valence-electron chi connectivity index (χ0n) is 12.9. The van der Waals surface area contributed by atoms with Crippen LogP contribution in [0.25, 0.3) is 28.2 Å². The topological polar surface area (TPSA) is 86.4 Å². The quantitative estimate of drug-likeness (QED) is 0.629. The van der Waals surface area contributed by atoms with Gasteiger partial charge in [0.25, 0.3) is 5.91 Å². The molecular formula is C18H13N4O2. The lowest BCUT2D eigenvalue weighted by molar-refractivity contribution is 0.100. The minimum absolute atomic E-state index is 0.319. The number of carbonyl (C=O) groups excluding carboxylic acids is 1. The standard InChI is InChI=1S/C18H13N4O2/c1-11-15(16(21-24-11)12-6-3-2-4-7-12)14-10-22-9-5-8-13(17(19)23)18(22)20-14/h2-4,6-10H,1H3,(H2,19,23). The summed E-state index contributed by atoms with van der Waals surface area (Å²) >= 11 is 0. The maximum absolute atomic E-state index is 11.6. The van der Waals surface area contributed by atoms with Crippen LogP contribution in [0.2, 0.25) is 0 Å². The van der Waals surface area contributed by atoms with Crippen LogP contribution in [-0.2, 0) is 0 Å². The van der Waals surface area contributed by atoms with Gasteiger partial charge in [0.1, 0.15) is 17.1 Å². The van der Waals surface area contributed by atoms with Crippen LogP contribution in [-0.4, -0.2) is 20.4 Å². The molecule has 0 atom stereocenters. The summed E-state index contributed by atoms with van der Waals surface area (Å²) in [7, 11) is 0. The Morgan fingerprint density at radius 1 is 1.29 bits per heavy atom. The van der Waals surface area contributed by atoms with Crippen LogP contribution in [0.4, 0.5) is 0 Å². The fourth-order valence-corrected chi connectivity index (χ4v) is 2.73. The second kappa shape index (κ2) is 5.34. The molecule has 3 heterocycles. The molecule has 1 radical (unpaired) electrons. The van der Waals surface area contributed by atoms with Gasteiger partial charge >= 0.3 is 0 Å². The number of nitrogens with two attached hydrogens (primary N) is 1. The number of benzene rings is 1. The third-order valence-electron chi connectivity index (χ3n) is 3.85. The number of imidazole rings is 1. The van der Waals surface area contributed by atoms with Gasteiger partial charge in [0.2, 0.25) is 0 Å². The Morgan fingerprint density at radius 3 is 2.83 bits per heavy atom. The number of hydrogen-bond acceptors (Lipinski definition) is 4. The van der Waals surface area contributed by atoms with Crippen molar-refractivity contribution in [3.63, 3.8) is 0 Å². The summed E-state index contributed by atoms with van der Waals surface area (Å²) in [6.45, 7) is 1.83. The van der Waals surface area contributed by atoms with Gasteiger partial charge in [-0.25, -0.2) is 4.98 Å². The average Bonchev–Trinajstić information content (AvgIpc) is 3.18. The van der Waals surface area contributed by atoms with Crippen LogP contribution >= 0.6 is 0 Å². The molecular weight excluding hydrogens is 304 g/mol. The number of hydrogen-bond donors (Lipinski definition) is 1. The second-order valence-electron chi connectivity index (χ2n) is 5.40. The van der Waals surface area contributed by atoms with Crippen molar-refractivity contribution >= 4 is 11.6 Å². The van der Waals surface area contributed by atoms with Crippen LogP contribution in [0.15, 0.2) is 53.3 Å². The van der Waals surface area contributed by atoms with Crippen molar-refractivity contribution in [2.24, 2.45) is 5.73 Å². The molecule has 0 saturated carbocycles. The molecule has 0 aliphatic carbocycles. The number of aryl methyl sites for hydroxylation is 1. The van der Waals surface area contributed by atoms with Crippen molar-refractivity contribution in [1.82, 2.24) is 14.5 Å². The molecule has 4 rings (SSSR count). The summed E-state index contributed by atoms with van der Waals surface area (Å²) in [4.78, 5) is 16.1. The minimum Gasteiger partial charge on any atom is -0.365 e. The lowest BCUT2D eigenvalue weighted by Gasteiger charge is -1.99. The van der Waals surface area contributed by atoms with Crippen molar-refractivity contribution < 1.29 is 9.32 Å². The summed E-state index contributed by atoms with van der Waals surface area (Å²) in [5, 5.41) is 4.17. The van der Waals surface area contributed by atoms with Gasteiger partial charge in [0.15, 0.2) is 0 Å². The van der Waals surface area contributed by atoms with Gasteiger partial charge < -0.3 is 14.7 Å². The lowest BCUT2D eigenvalue weighted by atomic mass is 10.0. The Balaban J connectivity index is 1.95. The number of nitrogens with zero attached hydrogens (tertiary/aromatic N) is 3. The number of rotatable bonds is 3. The average molecular weight is 317 g/mol. The van der Waals surface area contributed by atoms with E-state index in [1.165, 1.54) is 6.07 Å². The lowest BCUT2D eigenvalue weighted by Crippen LogP contribution is -2.12. The molecule has 0 unspecified atom stereocenters. The number of carbonyl (C=O) groups is 1. The van der Waals surface area contributed by atoms with Crippen molar-refractivity contribution in [3.8, 4) is 22.5 Å². The van der Waals surface area contributed by atoms with E-state index in [1.807, 2.05) is 43.5 Å². The zero-order chi connectivity index (χ0) is 16.7. The predicted octanol–water partition coefficient (Wildman–Crippen LogP) is 2.86. The van der Waals surface area contributed by atoms with E-state index in [2.05, 4.69) is 16.2 Å². The molecule has 24 heavy (non-hydrogen) atoms. The summed E-state index contributed by atoms with van der Waals surface area (Å²) in [5.74, 6) is 0.112. The van der Waals surface area contributed by atoms with Crippen LogP contribution in [0, 0.1) is 13.0 Å². The molecule has 0 aliphatic rings. The molecule has 1 amide bonds. The highest BCUT2D eigenvalue weighted by Crippen LogP contribution is 2.33. The summed E-state index contributed by atoms with van der Waals surface area (Å²) in [6.07, 6.45) is 3.51. The highest BCUT2D eigenvalue weighted by atomic mass is 16.5. The van der Waals surface area contributed by atoms with Crippen LogP contribution < -0.4 is 5.73 Å². The third-order valence-corrected chi connectivity index (χ3v) is 3.85. The van der Waals surface area contributed by atoms with E-state index in [1.54, 1.807) is 10.6 Å². The van der Waals surface area contributed by atoms with Crippen molar-refractivity contribution in [1.29, 1.82) is 0 Å². The summed E-state index contributed by atoms with van der Waals surface area (Å²) in [5.41, 5.74) is 9.31. The van der Waals surface area contributed by atoms with Crippen LogP contribution in [0.3, 0.4) is 0 Å². The van der Waals surface area contributed by atoms with Gasteiger partial charge in [-0.3, -0.25) is 4.79 Å². The molecule has 1 aromatic carbocycles. The largest absolute Gasteiger partial charge is 0.365 e. The molecule has 117 valence electrons. The smallest absolute Gasteiger partial charge is 0.252 e. The minimum atomic E-state index is -0.542. The van der Waals surface area contributed by atoms with E-state index in [9.17, 15) is 4.79 Å². The number of primary amides is 1. The SMILES string of the molecule is Cc1onc(-c2ccccc2)c1-c1cn2c[c]cc(C(N)=O)c2n1. The Morgan fingerprint density at radius 2 is 2.08 bits per heavy atom. The molecule has 0 fully saturated rings. The highest BCUT2D eigenvalue weighted by molar-refractivity contribution is 5.99. The fraction of sp³-hybridized carbons (Fsp3) is 0.0556. The van der Waals surface area contributed by atoms with Crippen molar-refractivity contribution in [2.45, 2.75) is 6.92 Å². The van der Waals surface area contributed by atoms with E-state index < -0.39 is 5.91 Å². The van der Waals surface area contributed by atoms with Gasteiger partial charge in [-0.05, 0) is 13.0 Å². The predicted molar refractivity (Wildman–Crippen MR) is 88.2 cm³/mol. The molecule has 0 bridgehead atoms. The van der Waals surface area contributed by atoms with Gasteiger partial charge in [0.05, 0.1) is 16.8 Å². The third kappa shape index (κ3) is 2.16. The first kappa shape index (κ1) is 14.2. The first-order valence-electron chi connectivity index (χ1n) is 7.36. The Bertz CT molecular complexity index is 1050. The normalized spacial score (nSPS) is 11.0. The highest BCUT2D eigenvalue weighted by Gasteiger charge is 2.20.